The predicted molar refractivity (Wildman–Crippen MR) is 109 cm³/mol. The van der Waals surface area contributed by atoms with E-state index in [2.05, 4.69) is 31.2 Å². The summed E-state index contributed by atoms with van der Waals surface area (Å²) < 4.78 is 11.0. The van der Waals surface area contributed by atoms with Crippen LogP contribution >= 0.6 is 0 Å². The number of benzene rings is 1. The van der Waals surface area contributed by atoms with Gasteiger partial charge in [0.15, 0.2) is 0 Å². The van der Waals surface area contributed by atoms with Crippen LogP contribution in [0.15, 0.2) is 34.5 Å². The van der Waals surface area contributed by atoms with E-state index < -0.39 is 0 Å². The molecule has 3 aliphatic heterocycles. The van der Waals surface area contributed by atoms with E-state index in [1.165, 1.54) is 0 Å². The molecule has 5 rings (SSSR count). The molecule has 0 aliphatic carbocycles. The minimum atomic E-state index is -0.242. The first kappa shape index (κ1) is 19.1. The highest BCUT2D eigenvalue weighted by atomic mass is 16.5. The van der Waals surface area contributed by atoms with E-state index in [0.717, 1.165) is 48.5 Å². The summed E-state index contributed by atoms with van der Waals surface area (Å²) in [5, 5.41) is 12.7. The lowest BCUT2D eigenvalue weighted by Crippen LogP contribution is -2.53. The Morgan fingerprint density at radius 2 is 2.10 bits per heavy atom. The number of fused-ring (bicyclic) bond motifs is 1. The molecule has 2 saturated heterocycles. The molecule has 1 amide bonds. The van der Waals surface area contributed by atoms with Crippen molar-refractivity contribution in [2.24, 2.45) is 5.92 Å². The summed E-state index contributed by atoms with van der Waals surface area (Å²) in [7, 11) is 1.64. The molecule has 0 radical (unpaired) electrons. The number of nitrogens with one attached hydrogen (secondary N) is 3. The maximum absolute atomic E-state index is 12.4. The van der Waals surface area contributed by atoms with E-state index in [4.69, 9.17) is 9.26 Å². The van der Waals surface area contributed by atoms with Crippen LogP contribution in [0.2, 0.25) is 0 Å². The normalized spacial score (nSPS) is 24.4. The minimum Gasteiger partial charge on any atom is -0.496 e. The zero-order valence-corrected chi connectivity index (χ0v) is 17.1. The number of rotatable bonds is 4. The van der Waals surface area contributed by atoms with Gasteiger partial charge >= 0.3 is 0 Å². The van der Waals surface area contributed by atoms with Gasteiger partial charge in [-0.25, -0.2) is 5.43 Å². The van der Waals surface area contributed by atoms with Crippen molar-refractivity contribution in [1.82, 2.24) is 31.2 Å². The molecule has 0 saturated carbocycles. The average molecular weight is 410 g/mol. The number of nitrogens with zero attached hydrogens (tertiary/aromatic N) is 3. The highest BCUT2D eigenvalue weighted by molar-refractivity contribution is 5.89. The predicted octanol–water partition coefficient (Wildman–Crippen LogP) is 1.30. The third-order valence-corrected chi connectivity index (χ3v) is 6.17. The van der Waals surface area contributed by atoms with Gasteiger partial charge in [-0.15, -0.1) is 0 Å². The fourth-order valence-electron chi connectivity index (χ4n) is 4.51. The van der Waals surface area contributed by atoms with Crippen LogP contribution in [0.3, 0.4) is 0 Å². The molecule has 1 aromatic heterocycles. The lowest BCUT2D eigenvalue weighted by molar-refractivity contribution is -0.119. The van der Waals surface area contributed by atoms with Gasteiger partial charge in [0.2, 0.25) is 17.6 Å². The topological polar surface area (TPSA) is 105 Å². The summed E-state index contributed by atoms with van der Waals surface area (Å²) in [4.78, 5) is 17.1. The second kappa shape index (κ2) is 7.73. The van der Waals surface area contributed by atoms with Gasteiger partial charge in [0.25, 0.3) is 0 Å². The van der Waals surface area contributed by atoms with Crippen LogP contribution in [0, 0.1) is 12.8 Å². The molecule has 9 heteroatoms. The van der Waals surface area contributed by atoms with Crippen molar-refractivity contribution in [2.75, 3.05) is 26.7 Å². The van der Waals surface area contributed by atoms with E-state index in [9.17, 15) is 4.79 Å². The van der Waals surface area contributed by atoms with Gasteiger partial charge in [0, 0.05) is 29.8 Å². The third kappa shape index (κ3) is 3.33. The first-order chi connectivity index (χ1) is 14.6. The number of ether oxygens (including phenoxy) is 1. The van der Waals surface area contributed by atoms with Crippen molar-refractivity contribution >= 4 is 5.91 Å². The summed E-state index contributed by atoms with van der Waals surface area (Å²) in [6.07, 6.45) is 3.52. The maximum Gasteiger partial charge on any atom is 0.247 e. The monoisotopic (exact) mass is 410 g/mol. The number of amides is 1. The van der Waals surface area contributed by atoms with Gasteiger partial charge in [-0.2, -0.15) is 4.98 Å². The van der Waals surface area contributed by atoms with Gasteiger partial charge in [-0.05, 0) is 44.5 Å². The van der Waals surface area contributed by atoms with Crippen molar-refractivity contribution in [3.8, 4) is 17.1 Å². The molecule has 2 fully saturated rings. The Hall–Kier alpha value is -2.91. The Morgan fingerprint density at radius 1 is 1.27 bits per heavy atom. The lowest BCUT2D eigenvalue weighted by Gasteiger charge is -2.38. The molecular weight excluding hydrogens is 384 g/mol. The van der Waals surface area contributed by atoms with E-state index >= 15 is 0 Å². The van der Waals surface area contributed by atoms with Crippen LogP contribution in [0.25, 0.3) is 11.4 Å². The van der Waals surface area contributed by atoms with Gasteiger partial charge in [0.1, 0.15) is 11.9 Å². The van der Waals surface area contributed by atoms with Crippen LogP contribution in [0.1, 0.15) is 30.2 Å². The zero-order chi connectivity index (χ0) is 20.7. The number of carbonyl (C=O) groups is 1. The van der Waals surface area contributed by atoms with Gasteiger partial charge in [-0.1, -0.05) is 17.3 Å². The minimum absolute atomic E-state index is 0.0681. The standard InChI is InChI=1S/C21H26N6O3/c1-12-3-4-14(9-17(12)29-2)19-25-21(30-26-19)15-11-23-27-16(10-18(28)24-20(15)27)13-5-7-22-8-6-13/h3-4,9-10,13,15,20,22-23H,5-8,11H2,1-2H3,(H,24,28). The SMILES string of the molecule is COc1cc(-c2noc(C3CNN4C(C5CCNCC5)=CC(=O)NC34)n2)ccc1C. The first-order valence-electron chi connectivity index (χ1n) is 10.4. The number of hydrogen-bond donors (Lipinski definition) is 3. The number of piperidine rings is 1. The number of hydrogen-bond acceptors (Lipinski definition) is 8. The fraction of sp³-hybridized carbons (Fsp3) is 0.476. The number of aromatic nitrogens is 2. The van der Waals surface area contributed by atoms with Crippen LogP contribution in [-0.4, -0.2) is 54.0 Å². The van der Waals surface area contributed by atoms with Gasteiger partial charge in [-0.3, -0.25) is 9.80 Å². The van der Waals surface area contributed by atoms with Crippen molar-refractivity contribution in [1.29, 1.82) is 0 Å². The highest BCUT2D eigenvalue weighted by Gasteiger charge is 2.44. The number of carbonyl (C=O) groups excluding carboxylic acids is 1. The molecule has 0 bridgehead atoms. The summed E-state index contributed by atoms with van der Waals surface area (Å²) in [6, 6.07) is 5.83. The van der Waals surface area contributed by atoms with Crippen LogP contribution in [-0.2, 0) is 4.79 Å². The summed E-state index contributed by atoms with van der Waals surface area (Å²) in [6.45, 7) is 4.55. The lowest BCUT2D eigenvalue weighted by atomic mass is 9.92. The van der Waals surface area contributed by atoms with Crippen LogP contribution < -0.4 is 20.8 Å². The zero-order valence-electron chi connectivity index (χ0n) is 17.1. The van der Waals surface area contributed by atoms with Crippen molar-refractivity contribution in [3.05, 3.63) is 41.4 Å². The molecule has 0 spiro atoms. The Labute approximate surface area is 174 Å². The highest BCUT2D eigenvalue weighted by Crippen LogP contribution is 2.35. The largest absolute Gasteiger partial charge is 0.496 e. The van der Waals surface area contributed by atoms with Gasteiger partial charge < -0.3 is 19.9 Å². The number of aryl methyl sites for hydroxylation is 1. The Kier molecular flexibility index (Phi) is 4.92. The molecule has 2 atom stereocenters. The molecule has 158 valence electrons. The van der Waals surface area contributed by atoms with E-state index in [0.29, 0.717) is 24.2 Å². The number of allylic oxidation sites excluding steroid dienone is 1. The molecule has 9 nitrogen and oxygen atoms in total. The van der Waals surface area contributed by atoms with Gasteiger partial charge in [0.05, 0.1) is 13.0 Å². The van der Waals surface area contributed by atoms with Crippen molar-refractivity contribution in [3.63, 3.8) is 0 Å². The molecule has 1 aromatic carbocycles. The van der Waals surface area contributed by atoms with Crippen molar-refractivity contribution < 1.29 is 14.1 Å². The first-order valence-corrected chi connectivity index (χ1v) is 10.4. The third-order valence-electron chi connectivity index (χ3n) is 6.17. The Bertz CT molecular complexity index is 981. The second-order valence-electron chi connectivity index (χ2n) is 8.03. The average Bonchev–Trinajstić information content (AvgIpc) is 3.41. The molecule has 4 heterocycles. The number of methoxy groups -OCH3 is 1. The quantitative estimate of drug-likeness (QED) is 0.693. The van der Waals surface area contributed by atoms with Crippen molar-refractivity contribution in [2.45, 2.75) is 31.8 Å². The second-order valence-corrected chi connectivity index (χ2v) is 8.03. The van der Waals surface area contributed by atoms with Crippen LogP contribution in [0.4, 0.5) is 0 Å². The maximum atomic E-state index is 12.4. The van der Waals surface area contributed by atoms with E-state index in [1.807, 2.05) is 25.1 Å². The molecule has 30 heavy (non-hydrogen) atoms. The smallest absolute Gasteiger partial charge is 0.247 e. The van der Waals surface area contributed by atoms with E-state index in [-0.39, 0.29) is 18.0 Å². The van der Waals surface area contributed by atoms with Crippen LogP contribution in [0.5, 0.6) is 5.75 Å². The Balaban J connectivity index is 1.39. The molecule has 2 aromatic rings. The Morgan fingerprint density at radius 3 is 2.90 bits per heavy atom. The number of hydrazine groups is 1. The molecule has 3 N–H and O–H groups in total. The molecular formula is C21H26N6O3. The fourth-order valence-corrected chi connectivity index (χ4v) is 4.51. The summed E-state index contributed by atoms with van der Waals surface area (Å²) in [5.41, 5.74) is 6.36. The molecule has 3 aliphatic rings. The van der Waals surface area contributed by atoms with E-state index in [1.54, 1.807) is 13.2 Å². The summed E-state index contributed by atoms with van der Waals surface area (Å²) >= 11 is 0. The molecule has 2 unspecified atom stereocenters. The summed E-state index contributed by atoms with van der Waals surface area (Å²) in [5.74, 6) is 1.97.